The van der Waals surface area contributed by atoms with Crippen LogP contribution in [-0.2, 0) is 48.8 Å². The van der Waals surface area contributed by atoms with Crippen LogP contribution in [0.5, 0.6) is 0 Å². The number of primary amides is 3. The summed E-state index contributed by atoms with van der Waals surface area (Å²) < 4.78 is 205. The number of fused-ring (bicyclic) bond motifs is 5. The minimum absolute atomic E-state index is 0.0842. The zero-order valence-electron chi connectivity index (χ0n) is 80.7. The highest BCUT2D eigenvalue weighted by Gasteiger charge is 2.43. The lowest BCUT2D eigenvalue weighted by Crippen LogP contribution is -2.51. The second-order valence-electron chi connectivity index (χ2n) is 37.2. The predicted octanol–water partition coefficient (Wildman–Crippen LogP) is 14.5. The molecule has 5 aliphatic heterocycles. The van der Waals surface area contributed by atoms with Crippen molar-refractivity contribution >= 4 is 84.8 Å². The van der Waals surface area contributed by atoms with E-state index in [1.807, 2.05) is 85.7 Å². The van der Waals surface area contributed by atoms with Crippen LogP contribution in [0, 0.1) is 35.5 Å². The number of aromatic nitrogens is 26. The molecule has 0 aromatic carbocycles. The number of nitrogens with one attached hydrogen (secondary N) is 1. The molecule has 11 atom stereocenters. The van der Waals surface area contributed by atoms with Crippen molar-refractivity contribution in [3.63, 3.8) is 0 Å². The van der Waals surface area contributed by atoms with E-state index in [9.17, 15) is 80.1 Å². The third-order valence-corrected chi connectivity index (χ3v) is 26.9. The van der Waals surface area contributed by atoms with Gasteiger partial charge in [-0.2, -0.15) is 78.2 Å². The third kappa shape index (κ3) is 23.5. The fourth-order valence-corrected chi connectivity index (χ4v) is 19.7. The fourth-order valence-electron chi connectivity index (χ4n) is 18.8. The quantitative estimate of drug-likeness (QED) is 0.0653. The monoisotopic (exact) mass is 2090 g/mol. The number of aromatic amines is 1. The SMILES string of the molecule is CC1CC(C(N)=O)C(C)N(c2cc(-c3cnc4ccc(C(F)(F)F)nn34)ncn2)C1.CC1CC(C(N)=O)C(C)N(c2cc(-c3cnc4ccc(C(F)(F)F)nn34)ncn2)C1.CC1CC(C(N)=O)C(C)N(c2cc(-c3cnc4ccc(C(F)(F)F)nn34)ncn2)C1.CS(C)(=O)=NC1CC=CN(c2cc(-c3cnc4ccc(C(F)F)nn34)ccn2)C1.FC(F)(F)c1ccc2ncc(-c3cc(N4CCCC(c5cnc[nH]5)C4)ncn3)n2n1. The number of alkyl halides is 14. The Morgan fingerprint density at radius 1 is 0.423 bits per heavy atom. The average molecular weight is 2090 g/mol. The number of anilines is 5. The molecule has 4 fully saturated rings. The highest BCUT2D eigenvalue weighted by Crippen LogP contribution is 2.41. The Morgan fingerprint density at radius 2 is 0.785 bits per heavy atom. The second kappa shape index (κ2) is 42.4. The first-order chi connectivity index (χ1) is 70.7. The molecule has 3 amide bonds. The molecule has 0 spiro atoms. The minimum atomic E-state index is -4.57. The van der Waals surface area contributed by atoms with Crippen LogP contribution in [0.4, 0.5) is 90.6 Å². The van der Waals surface area contributed by atoms with Gasteiger partial charge < -0.3 is 46.7 Å². The summed E-state index contributed by atoms with van der Waals surface area (Å²) in [6.45, 7) is 16.0. The minimum Gasteiger partial charge on any atom is -0.369 e. The van der Waals surface area contributed by atoms with Gasteiger partial charge >= 0.3 is 24.7 Å². The van der Waals surface area contributed by atoms with E-state index in [1.54, 1.807) is 61.6 Å². The normalized spacial score (nSPS) is 20.4. The molecule has 0 aliphatic carbocycles. The van der Waals surface area contributed by atoms with Crippen molar-refractivity contribution in [3.05, 3.63) is 219 Å². The van der Waals surface area contributed by atoms with Crippen LogP contribution in [0.2, 0.25) is 0 Å². The highest BCUT2D eigenvalue weighted by molar-refractivity contribution is 7.92. The number of piperidine rings is 4. The van der Waals surface area contributed by atoms with E-state index in [0.717, 1.165) is 81.4 Å². The Labute approximate surface area is 838 Å². The number of rotatable bonds is 16. The van der Waals surface area contributed by atoms with Crippen LogP contribution in [0.1, 0.15) is 127 Å². The van der Waals surface area contributed by atoms with Crippen LogP contribution in [-0.4, -0.2) is 226 Å². The zero-order chi connectivity index (χ0) is 106. The summed E-state index contributed by atoms with van der Waals surface area (Å²) in [7, 11) is -2.20. The predicted molar refractivity (Wildman–Crippen MR) is 517 cm³/mol. The maximum atomic E-state index is 13.1. The molecule has 149 heavy (non-hydrogen) atoms. The van der Waals surface area contributed by atoms with Crippen molar-refractivity contribution in [2.45, 2.75) is 141 Å². The second-order valence-corrected chi connectivity index (χ2v) is 39.7. The standard InChI is InChI=1S/C19H17F3N8.3C19H20F3N7O.C19H20F2N6OS/c20-19(21,22)16-3-4-17-24-8-15(30(17)28-16)13-6-18(27-11-26-13)29-5-1-2-12(9-29)14-7-23-10-25-14;3*1-10-5-12(18(23)30)11(2)28(8-10)17-6-13(25-9-26-17)14-7-24-16-4-3-15(19(20,21)22)27-29(14)16;1-29(2,28)25-14-4-3-9-26(12-14)18-10-13(7-8-22-18)16-11-23-17-6-5-15(19(20)21)24-27(16)17/h3-4,6-8,10-12H,1-2,5,9H2,(H,23,25);3*3-4,6-7,9-12H,5,8H2,1-2H3,(H2,23,30);3,5-11,14,19H,4,12H2,1-2H3. The lowest BCUT2D eigenvalue weighted by molar-refractivity contribution is -0.142. The van der Waals surface area contributed by atoms with Gasteiger partial charge in [0.1, 0.15) is 82.9 Å². The number of hydrogen-bond donors (Lipinski definition) is 4. The Bertz CT molecular complexity index is 7320. The smallest absolute Gasteiger partial charge is 0.369 e. The van der Waals surface area contributed by atoms with Crippen LogP contribution in [0.15, 0.2) is 189 Å². The van der Waals surface area contributed by atoms with Gasteiger partial charge in [0.2, 0.25) is 17.7 Å². The van der Waals surface area contributed by atoms with E-state index < -0.39 is 63.6 Å². The third-order valence-electron chi connectivity index (χ3n) is 26.1. The summed E-state index contributed by atoms with van der Waals surface area (Å²) in [5, 5.41) is 18.8. The fraction of sp³-hybridized carbons (Fsp3) is 0.379. The van der Waals surface area contributed by atoms with Gasteiger partial charge in [-0.1, -0.05) is 26.8 Å². The van der Waals surface area contributed by atoms with Gasteiger partial charge in [-0.3, -0.25) is 18.6 Å². The van der Waals surface area contributed by atoms with Gasteiger partial charge in [0.15, 0.2) is 51.0 Å². The van der Waals surface area contributed by atoms with Crippen LogP contribution in [0.25, 0.3) is 85.0 Å². The molecular weight excluding hydrogens is 1990 g/mol. The molecule has 54 heteroatoms. The molecule has 16 aromatic rings. The van der Waals surface area contributed by atoms with Gasteiger partial charge in [-0.05, 0) is 150 Å². The number of H-pyrrole nitrogens is 1. The molecule has 21 heterocycles. The van der Waals surface area contributed by atoms with E-state index in [2.05, 4.69) is 114 Å². The molecule has 39 nitrogen and oxygen atoms in total. The van der Waals surface area contributed by atoms with Gasteiger partial charge in [0.25, 0.3) is 6.43 Å². The number of nitrogens with zero attached hydrogens (tertiary/aromatic N) is 31. The van der Waals surface area contributed by atoms with Crippen LogP contribution in [0.3, 0.4) is 0 Å². The number of imidazole rings is 6. The maximum absolute atomic E-state index is 13.1. The number of nitrogens with two attached hydrogens (primary N) is 3. The topological polar surface area (TPSA) is 471 Å². The molecule has 0 bridgehead atoms. The first-order valence-electron chi connectivity index (χ1n) is 46.8. The van der Waals surface area contributed by atoms with E-state index in [0.29, 0.717) is 143 Å². The Balaban J connectivity index is 0.000000127. The summed E-state index contributed by atoms with van der Waals surface area (Å²) in [4.78, 5) is 112. The summed E-state index contributed by atoms with van der Waals surface area (Å²) in [6, 6.07) is 21.2. The summed E-state index contributed by atoms with van der Waals surface area (Å²) in [5.74, 6) is 2.02. The summed E-state index contributed by atoms with van der Waals surface area (Å²) in [5.41, 5.74) is 19.3. The molecule has 21 rings (SSSR count). The van der Waals surface area contributed by atoms with E-state index in [4.69, 9.17) is 17.2 Å². The highest BCUT2D eigenvalue weighted by atomic mass is 32.2. The molecule has 16 aromatic heterocycles. The summed E-state index contributed by atoms with van der Waals surface area (Å²) >= 11 is 0. The summed E-state index contributed by atoms with van der Waals surface area (Å²) in [6.07, 6.45) is 9.00. The van der Waals surface area contributed by atoms with Gasteiger partial charge in [0.05, 0.1) is 89.6 Å². The molecule has 780 valence electrons. The zero-order valence-corrected chi connectivity index (χ0v) is 81.5. The number of pyridine rings is 1. The Morgan fingerprint density at radius 3 is 1.14 bits per heavy atom. The molecule has 0 radical (unpaired) electrons. The molecule has 7 N–H and O–H groups in total. The van der Waals surface area contributed by atoms with Crippen molar-refractivity contribution < 1.29 is 80.1 Å². The first-order valence-corrected chi connectivity index (χ1v) is 49.1. The van der Waals surface area contributed by atoms with Crippen molar-refractivity contribution in [1.82, 2.24) is 128 Å². The maximum Gasteiger partial charge on any atom is 0.435 e. The number of halogens is 14. The molecule has 4 saturated heterocycles. The van der Waals surface area contributed by atoms with Crippen LogP contribution < -0.4 is 41.7 Å². The van der Waals surface area contributed by atoms with E-state index in [1.165, 1.54) is 95.5 Å². The molecular formula is C95H97F14N35O4S. The van der Waals surface area contributed by atoms with Crippen molar-refractivity contribution in [2.24, 2.45) is 57.1 Å². The average Bonchev–Trinajstić information content (AvgIpc) is 1.73. The van der Waals surface area contributed by atoms with Gasteiger partial charge in [-0.15, -0.1) is 0 Å². The number of carbonyl (C=O) groups is 3. The largest absolute Gasteiger partial charge is 0.435 e. The number of carbonyl (C=O) groups excluding carboxylic acids is 3. The van der Waals surface area contributed by atoms with E-state index >= 15 is 0 Å². The molecule has 5 aliphatic rings. The van der Waals surface area contributed by atoms with Gasteiger partial charge in [-0.25, -0.2) is 110 Å². The van der Waals surface area contributed by atoms with Gasteiger partial charge in [0, 0.05) is 140 Å². The Kier molecular flexibility index (Phi) is 29.7. The van der Waals surface area contributed by atoms with E-state index in [-0.39, 0.29) is 100 Å². The van der Waals surface area contributed by atoms with Crippen molar-refractivity contribution in [2.75, 3.05) is 76.3 Å². The first kappa shape index (κ1) is 104. The van der Waals surface area contributed by atoms with Crippen LogP contribution >= 0.6 is 0 Å². The van der Waals surface area contributed by atoms with Crippen molar-refractivity contribution in [1.29, 1.82) is 0 Å². The molecule has 0 saturated carbocycles. The lowest BCUT2D eigenvalue weighted by atomic mass is 9.84. The lowest BCUT2D eigenvalue weighted by Gasteiger charge is -2.41. The Hall–Kier alpha value is -16.1. The number of hydrogen-bond acceptors (Lipinski definition) is 30. The number of amides is 3. The van der Waals surface area contributed by atoms with Crippen molar-refractivity contribution in [3.8, 4) is 56.8 Å². The molecule has 11 unspecified atom stereocenters.